The SMILES string of the molecule is COc1cn(-c2ccccc2)nc1C(=O)NNC(=O)c1cc2c(s1)CCCCC2. The molecule has 2 N–H and O–H groups in total. The van der Waals surface area contributed by atoms with Gasteiger partial charge in [-0.3, -0.25) is 20.4 Å². The Labute approximate surface area is 172 Å². The fourth-order valence-electron chi connectivity index (χ4n) is 3.39. The summed E-state index contributed by atoms with van der Waals surface area (Å²) in [5.74, 6) is -0.538. The van der Waals surface area contributed by atoms with Gasteiger partial charge in [0.2, 0.25) is 0 Å². The van der Waals surface area contributed by atoms with E-state index in [-0.39, 0.29) is 11.6 Å². The number of carbonyl (C=O) groups excluding carboxylic acids is 2. The minimum Gasteiger partial charge on any atom is -0.493 e. The molecule has 150 valence electrons. The monoisotopic (exact) mass is 410 g/mol. The Kier molecular flexibility index (Phi) is 5.62. The fourth-order valence-corrected chi connectivity index (χ4v) is 4.54. The number of benzene rings is 1. The summed E-state index contributed by atoms with van der Waals surface area (Å²) >= 11 is 1.51. The summed E-state index contributed by atoms with van der Waals surface area (Å²) < 4.78 is 6.83. The fraction of sp³-hybridized carbons (Fsp3) is 0.286. The predicted molar refractivity (Wildman–Crippen MR) is 111 cm³/mol. The van der Waals surface area contributed by atoms with E-state index in [1.165, 1.54) is 35.3 Å². The number of hydrogen-bond acceptors (Lipinski definition) is 5. The van der Waals surface area contributed by atoms with Crippen molar-refractivity contribution in [3.8, 4) is 11.4 Å². The number of methoxy groups -OCH3 is 1. The maximum Gasteiger partial charge on any atom is 0.294 e. The Hall–Kier alpha value is -3.13. The van der Waals surface area contributed by atoms with Gasteiger partial charge in [0.1, 0.15) is 0 Å². The van der Waals surface area contributed by atoms with E-state index >= 15 is 0 Å². The number of carbonyl (C=O) groups is 2. The molecule has 0 saturated heterocycles. The number of hydrogen-bond donors (Lipinski definition) is 2. The van der Waals surface area contributed by atoms with E-state index in [0.29, 0.717) is 10.6 Å². The molecule has 3 aromatic rings. The van der Waals surface area contributed by atoms with Gasteiger partial charge in [0.25, 0.3) is 11.8 Å². The summed E-state index contributed by atoms with van der Waals surface area (Å²) in [5, 5.41) is 4.30. The third-order valence-corrected chi connectivity index (χ3v) is 6.13. The number of nitrogens with zero attached hydrogens (tertiary/aromatic N) is 2. The number of rotatable bonds is 4. The Balaban J connectivity index is 1.44. The maximum atomic E-state index is 12.6. The van der Waals surface area contributed by atoms with Crippen molar-refractivity contribution in [1.82, 2.24) is 20.6 Å². The van der Waals surface area contributed by atoms with Crippen molar-refractivity contribution in [2.24, 2.45) is 0 Å². The van der Waals surface area contributed by atoms with Crippen molar-refractivity contribution in [2.75, 3.05) is 7.11 Å². The van der Waals surface area contributed by atoms with Crippen LogP contribution >= 0.6 is 11.3 Å². The molecule has 29 heavy (non-hydrogen) atoms. The van der Waals surface area contributed by atoms with E-state index in [1.807, 2.05) is 36.4 Å². The molecule has 0 bridgehead atoms. The zero-order valence-electron chi connectivity index (χ0n) is 16.1. The Morgan fingerprint density at radius 2 is 1.83 bits per heavy atom. The van der Waals surface area contributed by atoms with Crippen LogP contribution in [0.1, 0.15) is 49.9 Å². The lowest BCUT2D eigenvalue weighted by molar-refractivity contribution is 0.0844. The molecular weight excluding hydrogens is 388 g/mol. The molecule has 0 fully saturated rings. The Morgan fingerprint density at radius 1 is 1.07 bits per heavy atom. The number of ether oxygens (including phenoxy) is 1. The normalized spacial score (nSPS) is 13.3. The van der Waals surface area contributed by atoms with Gasteiger partial charge >= 0.3 is 0 Å². The van der Waals surface area contributed by atoms with Crippen molar-refractivity contribution in [2.45, 2.75) is 32.1 Å². The molecule has 0 saturated carbocycles. The van der Waals surface area contributed by atoms with E-state index in [4.69, 9.17) is 4.74 Å². The second-order valence-corrected chi connectivity index (χ2v) is 7.99. The molecule has 2 aromatic heterocycles. The van der Waals surface area contributed by atoms with E-state index in [9.17, 15) is 9.59 Å². The van der Waals surface area contributed by atoms with Crippen LogP contribution in [0, 0.1) is 0 Å². The highest BCUT2D eigenvalue weighted by Gasteiger charge is 2.21. The van der Waals surface area contributed by atoms with Gasteiger partial charge in [0.05, 0.1) is 23.9 Å². The van der Waals surface area contributed by atoms with Crippen LogP contribution in [0.3, 0.4) is 0 Å². The van der Waals surface area contributed by atoms with Crippen LogP contribution in [0.15, 0.2) is 42.6 Å². The highest BCUT2D eigenvalue weighted by molar-refractivity contribution is 7.14. The largest absolute Gasteiger partial charge is 0.493 e. The number of hydrazine groups is 1. The minimum atomic E-state index is -0.539. The van der Waals surface area contributed by atoms with Gasteiger partial charge in [-0.25, -0.2) is 4.68 Å². The average molecular weight is 410 g/mol. The third-order valence-electron chi connectivity index (χ3n) is 4.90. The highest BCUT2D eigenvalue weighted by Crippen LogP contribution is 2.28. The predicted octanol–water partition coefficient (Wildman–Crippen LogP) is 3.29. The molecule has 1 aliphatic carbocycles. The molecule has 8 heteroatoms. The quantitative estimate of drug-likeness (QED) is 0.511. The second-order valence-electron chi connectivity index (χ2n) is 6.85. The average Bonchev–Trinajstić information content (AvgIpc) is 3.31. The lowest BCUT2D eigenvalue weighted by Crippen LogP contribution is -2.41. The minimum absolute atomic E-state index is 0.0959. The van der Waals surface area contributed by atoms with Crippen LogP contribution in [0.4, 0.5) is 0 Å². The van der Waals surface area contributed by atoms with E-state index < -0.39 is 5.91 Å². The van der Waals surface area contributed by atoms with Crippen molar-refractivity contribution in [3.63, 3.8) is 0 Å². The number of amides is 2. The van der Waals surface area contributed by atoms with E-state index in [0.717, 1.165) is 31.4 Å². The van der Waals surface area contributed by atoms with Crippen molar-refractivity contribution >= 4 is 23.2 Å². The van der Waals surface area contributed by atoms with Crippen molar-refractivity contribution in [1.29, 1.82) is 0 Å². The number of aromatic nitrogens is 2. The summed E-state index contributed by atoms with van der Waals surface area (Å²) in [5.41, 5.74) is 7.08. The topological polar surface area (TPSA) is 85.2 Å². The smallest absolute Gasteiger partial charge is 0.294 e. The van der Waals surface area contributed by atoms with Crippen LogP contribution in [0.2, 0.25) is 0 Å². The molecule has 2 heterocycles. The molecule has 0 unspecified atom stereocenters. The summed E-state index contributed by atoms with van der Waals surface area (Å²) in [6.07, 6.45) is 7.22. The molecular formula is C21H22N4O3S. The van der Waals surface area contributed by atoms with Gasteiger partial charge in [-0.2, -0.15) is 5.10 Å². The molecule has 0 radical (unpaired) electrons. The zero-order chi connectivity index (χ0) is 20.2. The molecule has 1 aromatic carbocycles. The van der Waals surface area contributed by atoms with Crippen LogP contribution in [-0.2, 0) is 12.8 Å². The second kappa shape index (κ2) is 8.48. The number of aryl methyl sites for hydroxylation is 2. The van der Waals surface area contributed by atoms with Crippen LogP contribution in [-0.4, -0.2) is 28.7 Å². The maximum absolute atomic E-state index is 12.6. The summed E-state index contributed by atoms with van der Waals surface area (Å²) in [6, 6.07) is 11.3. The van der Waals surface area contributed by atoms with Gasteiger partial charge in [-0.05, 0) is 49.4 Å². The molecule has 7 nitrogen and oxygen atoms in total. The van der Waals surface area contributed by atoms with Gasteiger partial charge in [-0.15, -0.1) is 11.3 Å². The zero-order valence-corrected chi connectivity index (χ0v) is 16.9. The molecule has 0 spiro atoms. The molecule has 0 aliphatic heterocycles. The standard InChI is InChI=1S/C21H22N4O3S/c1-28-16-13-25(15-9-5-3-6-10-15)24-19(16)21(27)23-22-20(26)18-12-14-8-4-2-7-11-17(14)29-18/h3,5-6,9-10,12-13H,2,4,7-8,11H2,1H3,(H,22,26)(H,23,27). The van der Waals surface area contributed by atoms with E-state index in [2.05, 4.69) is 16.0 Å². The molecule has 1 aliphatic rings. The van der Waals surface area contributed by atoms with Crippen molar-refractivity contribution < 1.29 is 14.3 Å². The lowest BCUT2D eigenvalue weighted by atomic mass is 10.1. The van der Waals surface area contributed by atoms with Gasteiger partial charge < -0.3 is 4.74 Å². The Morgan fingerprint density at radius 3 is 2.62 bits per heavy atom. The van der Waals surface area contributed by atoms with Crippen LogP contribution in [0.5, 0.6) is 5.75 Å². The van der Waals surface area contributed by atoms with Crippen LogP contribution < -0.4 is 15.6 Å². The van der Waals surface area contributed by atoms with Crippen molar-refractivity contribution in [3.05, 3.63) is 63.6 Å². The number of nitrogens with one attached hydrogen (secondary N) is 2. The summed E-state index contributed by atoms with van der Waals surface area (Å²) in [7, 11) is 1.47. The van der Waals surface area contributed by atoms with Gasteiger partial charge in [-0.1, -0.05) is 24.6 Å². The Bertz CT molecular complexity index is 1000. The molecule has 4 rings (SSSR count). The number of para-hydroxylation sites is 1. The first-order valence-electron chi connectivity index (χ1n) is 9.57. The molecule has 2 amide bonds. The van der Waals surface area contributed by atoms with Gasteiger partial charge in [0.15, 0.2) is 11.4 Å². The van der Waals surface area contributed by atoms with Crippen LogP contribution in [0.25, 0.3) is 5.69 Å². The van der Waals surface area contributed by atoms with Gasteiger partial charge in [0, 0.05) is 4.88 Å². The highest BCUT2D eigenvalue weighted by atomic mass is 32.1. The first kappa shape index (κ1) is 19.2. The van der Waals surface area contributed by atoms with E-state index in [1.54, 1.807) is 10.9 Å². The lowest BCUT2D eigenvalue weighted by Gasteiger charge is -2.05. The first-order chi connectivity index (χ1) is 14.2. The summed E-state index contributed by atoms with van der Waals surface area (Å²) in [6.45, 7) is 0. The number of thiophene rings is 1. The molecule has 0 atom stereocenters. The third kappa shape index (κ3) is 4.17. The number of fused-ring (bicyclic) bond motifs is 1. The first-order valence-corrected chi connectivity index (χ1v) is 10.4. The summed E-state index contributed by atoms with van der Waals surface area (Å²) in [4.78, 5) is 26.9.